The Balaban J connectivity index is 2.51. The maximum atomic E-state index is 11.9. The molecule has 0 saturated carbocycles. The van der Waals surface area contributed by atoms with Crippen molar-refractivity contribution in [3.63, 3.8) is 0 Å². The highest BCUT2D eigenvalue weighted by atomic mass is 16.5. The summed E-state index contributed by atoms with van der Waals surface area (Å²) >= 11 is 0. The van der Waals surface area contributed by atoms with Gasteiger partial charge >= 0.3 is 5.97 Å². The standard InChI is InChI=1S/C13H22N2O3/c1-4-17-6-5-7-18-13(16)12-8-11(14)9-15(12)10(2)3/h8-10H,4-7,14H2,1-3H3. The summed E-state index contributed by atoms with van der Waals surface area (Å²) in [6.45, 7) is 7.57. The number of esters is 1. The monoisotopic (exact) mass is 254 g/mol. The molecular weight excluding hydrogens is 232 g/mol. The summed E-state index contributed by atoms with van der Waals surface area (Å²) in [7, 11) is 0. The van der Waals surface area contributed by atoms with Crippen molar-refractivity contribution in [3.05, 3.63) is 18.0 Å². The third kappa shape index (κ3) is 4.07. The van der Waals surface area contributed by atoms with Gasteiger partial charge in [0.2, 0.25) is 0 Å². The number of hydrogen-bond acceptors (Lipinski definition) is 4. The zero-order chi connectivity index (χ0) is 13.5. The van der Waals surface area contributed by atoms with Crippen LogP contribution in [0.1, 0.15) is 43.7 Å². The molecule has 2 N–H and O–H groups in total. The molecule has 5 heteroatoms. The second-order valence-corrected chi connectivity index (χ2v) is 4.35. The molecule has 18 heavy (non-hydrogen) atoms. The Kier molecular flexibility index (Phi) is 5.71. The number of hydrogen-bond donors (Lipinski definition) is 1. The number of carbonyl (C=O) groups is 1. The molecule has 1 heterocycles. The molecule has 5 nitrogen and oxygen atoms in total. The lowest BCUT2D eigenvalue weighted by molar-refractivity contribution is 0.0439. The number of rotatable bonds is 7. The molecule has 1 rings (SSSR count). The van der Waals surface area contributed by atoms with Gasteiger partial charge in [0.25, 0.3) is 0 Å². The van der Waals surface area contributed by atoms with E-state index in [-0.39, 0.29) is 12.0 Å². The summed E-state index contributed by atoms with van der Waals surface area (Å²) in [5.74, 6) is -0.336. The second-order valence-electron chi connectivity index (χ2n) is 4.35. The van der Waals surface area contributed by atoms with Crippen molar-refractivity contribution in [2.45, 2.75) is 33.2 Å². The van der Waals surface area contributed by atoms with Crippen molar-refractivity contribution in [2.24, 2.45) is 0 Å². The fourth-order valence-electron chi connectivity index (χ4n) is 1.64. The van der Waals surface area contributed by atoms with Crippen LogP contribution in [0.4, 0.5) is 5.69 Å². The van der Waals surface area contributed by atoms with Gasteiger partial charge in [-0.05, 0) is 26.8 Å². The van der Waals surface area contributed by atoms with E-state index in [0.717, 1.165) is 0 Å². The van der Waals surface area contributed by atoms with Crippen LogP contribution in [-0.2, 0) is 9.47 Å². The van der Waals surface area contributed by atoms with E-state index in [2.05, 4.69) is 0 Å². The molecule has 0 atom stereocenters. The lowest BCUT2D eigenvalue weighted by Crippen LogP contribution is -2.14. The lowest BCUT2D eigenvalue weighted by atomic mass is 10.3. The minimum Gasteiger partial charge on any atom is -0.461 e. The van der Waals surface area contributed by atoms with Crippen molar-refractivity contribution in [1.29, 1.82) is 0 Å². The second kappa shape index (κ2) is 7.06. The van der Waals surface area contributed by atoms with Gasteiger partial charge in [-0.15, -0.1) is 0 Å². The Morgan fingerprint density at radius 3 is 2.78 bits per heavy atom. The van der Waals surface area contributed by atoms with Crippen LogP contribution in [0.3, 0.4) is 0 Å². The van der Waals surface area contributed by atoms with Gasteiger partial charge in [0.15, 0.2) is 0 Å². The number of nitrogen functional groups attached to an aromatic ring is 1. The first-order valence-electron chi connectivity index (χ1n) is 6.28. The van der Waals surface area contributed by atoms with Gasteiger partial charge in [-0.25, -0.2) is 4.79 Å². The first kappa shape index (κ1) is 14.6. The van der Waals surface area contributed by atoms with Crippen LogP contribution in [0.25, 0.3) is 0 Å². The molecule has 0 fully saturated rings. The third-order valence-electron chi connectivity index (χ3n) is 2.51. The summed E-state index contributed by atoms with van der Waals surface area (Å²) in [5.41, 5.74) is 6.77. The Bertz CT molecular complexity index is 386. The number of aromatic nitrogens is 1. The van der Waals surface area contributed by atoms with Crippen LogP contribution in [0.5, 0.6) is 0 Å². The molecule has 0 spiro atoms. The molecule has 0 aliphatic heterocycles. The van der Waals surface area contributed by atoms with Gasteiger partial charge in [0.1, 0.15) is 5.69 Å². The molecule has 0 aromatic carbocycles. The summed E-state index contributed by atoms with van der Waals surface area (Å²) < 4.78 is 12.2. The first-order chi connectivity index (χ1) is 8.56. The molecule has 0 aliphatic carbocycles. The number of nitrogens with two attached hydrogens (primary N) is 1. The minimum atomic E-state index is -0.336. The van der Waals surface area contributed by atoms with E-state index < -0.39 is 0 Å². The highest BCUT2D eigenvalue weighted by molar-refractivity contribution is 5.89. The molecule has 1 aromatic heterocycles. The molecule has 0 amide bonds. The van der Waals surface area contributed by atoms with Crippen molar-refractivity contribution < 1.29 is 14.3 Å². The van der Waals surface area contributed by atoms with E-state index in [1.807, 2.05) is 25.3 Å². The SMILES string of the molecule is CCOCCCOC(=O)c1cc(N)cn1C(C)C. The van der Waals surface area contributed by atoms with Crippen LogP contribution in [-0.4, -0.2) is 30.4 Å². The Hall–Kier alpha value is -1.49. The Morgan fingerprint density at radius 1 is 1.44 bits per heavy atom. The molecule has 0 saturated heterocycles. The van der Waals surface area contributed by atoms with E-state index in [1.165, 1.54) is 0 Å². The highest BCUT2D eigenvalue weighted by Gasteiger charge is 2.15. The largest absolute Gasteiger partial charge is 0.461 e. The van der Waals surface area contributed by atoms with Gasteiger partial charge in [0.05, 0.1) is 12.3 Å². The van der Waals surface area contributed by atoms with E-state index in [4.69, 9.17) is 15.2 Å². The predicted octanol–water partition coefficient (Wildman–Crippen LogP) is 2.23. The zero-order valence-corrected chi connectivity index (χ0v) is 11.3. The van der Waals surface area contributed by atoms with Crippen LogP contribution < -0.4 is 5.73 Å². The maximum absolute atomic E-state index is 11.9. The lowest BCUT2D eigenvalue weighted by Gasteiger charge is -2.12. The van der Waals surface area contributed by atoms with Gasteiger partial charge < -0.3 is 19.8 Å². The van der Waals surface area contributed by atoms with E-state index in [9.17, 15) is 4.79 Å². The Morgan fingerprint density at radius 2 is 2.17 bits per heavy atom. The van der Waals surface area contributed by atoms with Crippen molar-refractivity contribution in [3.8, 4) is 0 Å². The number of carbonyl (C=O) groups excluding carboxylic acids is 1. The summed E-state index contributed by atoms with van der Waals surface area (Å²) in [5, 5.41) is 0. The van der Waals surface area contributed by atoms with E-state index >= 15 is 0 Å². The van der Waals surface area contributed by atoms with Crippen LogP contribution in [0.15, 0.2) is 12.3 Å². The van der Waals surface area contributed by atoms with E-state index in [0.29, 0.717) is 37.6 Å². The smallest absolute Gasteiger partial charge is 0.355 e. The molecule has 1 aromatic rings. The normalized spacial score (nSPS) is 10.9. The van der Waals surface area contributed by atoms with Gasteiger partial charge in [-0.2, -0.15) is 0 Å². The average molecular weight is 254 g/mol. The molecule has 102 valence electrons. The maximum Gasteiger partial charge on any atom is 0.355 e. The highest BCUT2D eigenvalue weighted by Crippen LogP contribution is 2.17. The van der Waals surface area contributed by atoms with Gasteiger partial charge in [-0.3, -0.25) is 0 Å². The Labute approximate surface area is 108 Å². The summed E-state index contributed by atoms with van der Waals surface area (Å²) in [4.78, 5) is 11.9. The van der Waals surface area contributed by atoms with Gasteiger partial charge in [-0.1, -0.05) is 0 Å². The van der Waals surface area contributed by atoms with Gasteiger partial charge in [0, 0.05) is 31.9 Å². The van der Waals surface area contributed by atoms with Crippen LogP contribution in [0.2, 0.25) is 0 Å². The topological polar surface area (TPSA) is 66.5 Å². The molecular formula is C13H22N2O3. The number of nitrogens with zero attached hydrogens (tertiary/aromatic N) is 1. The number of ether oxygens (including phenoxy) is 2. The molecule has 0 aliphatic rings. The van der Waals surface area contributed by atoms with E-state index in [1.54, 1.807) is 12.3 Å². The number of anilines is 1. The molecule has 0 bridgehead atoms. The molecule has 0 unspecified atom stereocenters. The third-order valence-corrected chi connectivity index (χ3v) is 2.51. The summed E-state index contributed by atoms with van der Waals surface area (Å²) in [6, 6.07) is 1.82. The summed E-state index contributed by atoms with van der Waals surface area (Å²) in [6.07, 6.45) is 2.46. The van der Waals surface area contributed by atoms with Crippen molar-refractivity contribution in [2.75, 3.05) is 25.6 Å². The van der Waals surface area contributed by atoms with Crippen LogP contribution >= 0.6 is 0 Å². The fraction of sp³-hybridized carbons (Fsp3) is 0.615. The average Bonchev–Trinajstić information content (AvgIpc) is 2.71. The first-order valence-corrected chi connectivity index (χ1v) is 6.28. The molecule has 0 radical (unpaired) electrons. The fourth-order valence-corrected chi connectivity index (χ4v) is 1.64. The van der Waals surface area contributed by atoms with Crippen molar-refractivity contribution >= 4 is 11.7 Å². The zero-order valence-electron chi connectivity index (χ0n) is 11.3. The minimum absolute atomic E-state index is 0.174. The predicted molar refractivity (Wildman–Crippen MR) is 70.6 cm³/mol. The van der Waals surface area contributed by atoms with Crippen molar-refractivity contribution in [1.82, 2.24) is 4.57 Å². The quantitative estimate of drug-likeness (QED) is 0.598. The van der Waals surface area contributed by atoms with Crippen LogP contribution in [0, 0.1) is 0 Å².